The molecular weight excluding hydrogens is 206 g/mol. The first-order chi connectivity index (χ1) is 8.40. The Balaban J connectivity index is 0.000000115. The third kappa shape index (κ3) is 2.83. The summed E-state index contributed by atoms with van der Waals surface area (Å²) in [6.45, 7) is 0. The lowest BCUT2D eigenvalue weighted by atomic mass is 9.56. The minimum atomic E-state index is 1.18. The molecule has 1 heterocycles. The molecule has 4 saturated carbocycles. The Morgan fingerprint density at radius 1 is 0.529 bits per heavy atom. The maximum Gasteiger partial charge on any atom is 0.000442 e. The summed E-state index contributed by atoms with van der Waals surface area (Å²) in [6.07, 6.45) is 21.2. The SMILES string of the molecule is C1=CC=CNC=C1.C1C2CC3CC1CC(C2)C3. The lowest BCUT2D eigenvalue weighted by Crippen LogP contribution is -2.38. The number of hydrogen-bond acceptors (Lipinski definition) is 1. The molecule has 4 aliphatic carbocycles. The van der Waals surface area contributed by atoms with Gasteiger partial charge in [0.2, 0.25) is 0 Å². The third-order valence-electron chi connectivity index (χ3n) is 4.72. The predicted octanol–water partition coefficient (Wildman–Crippen LogP) is 4.01. The highest BCUT2D eigenvalue weighted by molar-refractivity contribution is 5.14. The molecule has 0 amide bonds. The van der Waals surface area contributed by atoms with Crippen LogP contribution in [-0.4, -0.2) is 0 Å². The fourth-order valence-corrected chi connectivity index (χ4v) is 4.39. The average Bonchev–Trinajstić information content (AvgIpc) is 2.59. The normalized spacial score (nSPS) is 40.5. The van der Waals surface area contributed by atoms with Crippen LogP contribution in [0.5, 0.6) is 0 Å². The zero-order valence-electron chi connectivity index (χ0n) is 10.5. The molecule has 1 nitrogen and oxygen atoms in total. The van der Waals surface area contributed by atoms with Crippen molar-refractivity contribution in [1.82, 2.24) is 5.32 Å². The molecule has 0 atom stereocenters. The molecule has 5 rings (SSSR count). The van der Waals surface area contributed by atoms with Crippen molar-refractivity contribution in [1.29, 1.82) is 0 Å². The highest BCUT2D eigenvalue weighted by atomic mass is 14.8. The van der Waals surface area contributed by atoms with Gasteiger partial charge in [0.25, 0.3) is 0 Å². The third-order valence-corrected chi connectivity index (χ3v) is 4.72. The van der Waals surface area contributed by atoms with Gasteiger partial charge in [-0.05, 0) is 74.3 Å². The second-order valence-corrected chi connectivity index (χ2v) is 6.15. The van der Waals surface area contributed by atoms with Crippen molar-refractivity contribution in [3.63, 3.8) is 0 Å². The molecule has 4 bridgehead atoms. The van der Waals surface area contributed by atoms with Crippen molar-refractivity contribution in [2.24, 2.45) is 23.7 Å². The van der Waals surface area contributed by atoms with Gasteiger partial charge in [-0.25, -0.2) is 0 Å². The van der Waals surface area contributed by atoms with Crippen molar-refractivity contribution in [2.45, 2.75) is 38.5 Å². The van der Waals surface area contributed by atoms with E-state index in [1.54, 1.807) is 38.5 Å². The molecule has 0 unspecified atom stereocenters. The highest BCUT2D eigenvalue weighted by Crippen LogP contribution is 2.53. The van der Waals surface area contributed by atoms with Crippen LogP contribution in [0.15, 0.2) is 36.7 Å². The number of hydrogen-bond donors (Lipinski definition) is 1. The van der Waals surface area contributed by atoms with Gasteiger partial charge in [0, 0.05) is 12.4 Å². The number of rotatable bonds is 0. The van der Waals surface area contributed by atoms with Crippen molar-refractivity contribution in [3.8, 4) is 0 Å². The first-order valence-electron chi connectivity index (χ1n) is 7.14. The lowest BCUT2D eigenvalue weighted by molar-refractivity contribution is 0.0198. The summed E-state index contributed by atoms with van der Waals surface area (Å²) in [6, 6.07) is 0. The van der Waals surface area contributed by atoms with Crippen LogP contribution < -0.4 is 5.32 Å². The molecule has 4 fully saturated rings. The topological polar surface area (TPSA) is 12.0 Å². The van der Waals surface area contributed by atoms with Crippen molar-refractivity contribution >= 4 is 0 Å². The maximum absolute atomic E-state index is 2.92. The summed E-state index contributed by atoms with van der Waals surface area (Å²) in [5, 5.41) is 2.92. The average molecular weight is 229 g/mol. The van der Waals surface area contributed by atoms with Crippen LogP contribution in [0.1, 0.15) is 38.5 Å². The number of nitrogens with one attached hydrogen (secondary N) is 1. The molecule has 0 saturated heterocycles. The minimum absolute atomic E-state index is 1.18. The van der Waals surface area contributed by atoms with Gasteiger partial charge in [-0.1, -0.05) is 12.2 Å². The van der Waals surface area contributed by atoms with Gasteiger partial charge >= 0.3 is 0 Å². The predicted molar refractivity (Wildman–Crippen MR) is 72.2 cm³/mol. The van der Waals surface area contributed by atoms with Crippen LogP contribution in [0.2, 0.25) is 0 Å². The van der Waals surface area contributed by atoms with E-state index < -0.39 is 0 Å². The van der Waals surface area contributed by atoms with Crippen LogP contribution in [0.3, 0.4) is 0 Å². The zero-order chi connectivity index (χ0) is 11.5. The van der Waals surface area contributed by atoms with Gasteiger partial charge in [0.15, 0.2) is 0 Å². The van der Waals surface area contributed by atoms with Crippen LogP contribution in [0.4, 0.5) is 0 Å². The van der Waals surface area contributed by atoms with Crippen LogP contribution in [-0.2, 0) is 0 Å². The Labute approximate surface area is 105 Å². The van der Waals surface area contributed by atoms with Gasteiger partial charge in [0.1, 0.15) is 0 Å². The van der Waals surface area contributed by atoms with E-state index in [1.165, 1.54) is 23.7 Å². The lowest BCUT2D eigenvalue weighted by Gasteiger charge is -2.49. The molecule has 5 aliphatic rings. The van der Waals surface area contributed by atoms with Crippen molar-refractivity contribution < 1.29 is 0 Å². The van der Waals surface area contributed by atoms with Gasteiger partial charge in [0.05, 0.1) is 0 Å². The molecule has 0 aromatic carbocycles. The van der Waals surface area contributed by atoms with E-state index in [2.05, 4.69) is 5.32 Å². The second kappa shape index (κ2) is 5.12. The van der Waals surface area contributed by atoms with E-state index >= 15 is 0 Å². The standard InChI is InChI=1S/C10H16.C6H7N/c1-7-2-9-4-8(1)5-10(3-7)6-9;1-2-4-6-7-5-3-1/h7-10H,1-6H2;1-7H. The Morgan fingerprint density at radius 2 is 0.882 bits per heavy atom. The summed E-state index contributed by atoms with van der Waals surface area (Å²) < 4.78 is 0. The molecule has 1 N–H and O–H groups in total. The molecule has 0 aromatic rings. The molecule has 92 valence electrons. The summed E-state index contributed by atoms with van der Waals surface area (Å²) in [7, 11) is 0. The Bertz CT molecular complexity index is 267. The minimum Gasteiger partial charge on any atom is -0.368 e. The van der Waals surface area contributed by atoms with Gasteiger partial charge < -0.3 is 5.32 Å². The quantitative estimate of drug-likeness (QED) is 0.662. The van der Waals surface area contributed by atoms with Crippen molar-refractivity contribution in [2.75, 3.05) is 0 Å². The van der Waals surface area contributed by atoms with Crippen molar-refractivity contribution in [3.05, 3.63) is 36.7 Å². The fourth-order valence-electron chi connectivity index (χ4n) is 4.39. The van der Waals surface area contributed by atoms with Crippen LogP contribution >= 0.6 is 0 Å². The first kappa shape index (κ1) is 11.1. The summed E-state index contributed by atoms with van der Waals surface area (Å²) in [5.41, 5.74) is 0. The molecule has 1 aliphatic heterocycles. The molecular formula is C16H23N. The summed E-state index contributed by atoms with van der Waals surface area (Å²) >= 11 is 0. The van der Waals surface area contributed by atoms with E-state index in [0.717, 1.165) is 0 Å². The Hall–Kier alpha value is -0.980. The summed E-state index contributed by atoms with van der Waals surface area (Å²) in [4.78, 5) is 0. The van der Waals surface area contributed by atoms with E-state index in [9.17, 15) is 0 Å². The van der Waals surface area contributed by atoms with E-state index in [-0.39, 0.29) is 0 Å². The fraction of sp³-hybridized carbons (Fsp3) is 0.625. The molecule has 1 heteroatoms. The Kier molecular flexibility index (Phi) is 3.35. The van der Waals surface area contributed by atoms with E-state index in [4.69, 9.17) is 0 Å². The molecule has 0 aromatic heterocycles. The van der Waals surface area contributed by atoms with Crippen LogP contribution in [0.25, 0.3) is 0 Å². The highest BCUT2D eigenvalue weighted by Gasteiger charge is 2.41. The molecule has 0 radical (unpaired) electrons. The van der Waals surface area contributed by atoms with E-state index in [0.29, 0.717) is 0 Å². The zero-order valence-corrected chi connectivity index (χ0v) is 10.5. The largest absolute Gasteiger partial charge is 0.368 e. The second-order valence-electron chi connectivity index (χ2n) is 6.15. The number of allylic oxidation sites excluding steroid dienone is 4. The summed E-state index contributed by atoms with van der Waals surface area (Å²) in [5.74, 6) is 4.71. The van der Waals surface area contributed by atoms with Crippen LogP contribution in [0, 0.1) is 23.7 Å². The first-order valence-corrected chi connectivity index (χ1v) is 7.14. The van der Waals surface area contributed by atoms with Gasteiger partial charge in [-0.2, -0.15) is 0 Å². The monoisotopic (exact) mass is 229 g/mol. The van der Waals surface area contributed by atoms with E-state index in [1.807, 2.05) is 36.7 Å². The van der Waals surface area contributed by atoms with Gasteiger partial charge in [-0.3, -0.25) is 0 Å². The smallest absolute Gasteiger partial charge is 0.000442 e. The molecule has 0 spiro atoms. The molecule has 17 heavy (non-hydrogen) atoms. The Morgan fingerprint density at radius 3 is 1.24 bits per heavy atom. The van der Waals surface area contributed by atoms with Gasteiger partial charge in [-0.15, -0.1) is 0 Å². The maximum atomic E-state index is 2.92.